The zero-order valence-electron chi connectivity index (χ0n) is 13.4. The van der Waals surface area contributed by atoms with Gasteiger partial charge in [0.25, 0.3) is 0 Å². The van der Waals surface area contributed by atoms with Gasteiger partial charge in [0.1, 0.15) is 11.4 Å². The van der Waals surface area contributed by atoms with Gasteiger partial charge in [0, 0.05) is 0 Å². The molecular weight excluding hydrogens is 340 g/mol. The van der Waals surface area contributed by atoms with Crippen molar-refractivity contribution in [2.75, 3.05) is 10.5 Å². The summed E-state index contributed by atoms with van der Waals surface area (Å²) in [5.74, 6) is 0.226. The Balaban J connectivity index is 1.62. The summed E-state index contributed by atoms with van der Waals surface area (Å²) in [5, 5.41) is 42.9. The molecule has 3 rings (SSSR count). The normalized spacial score (nSPS) is 10.2. The van der Waals surface area contributed by atoms with Crippen LogP contribution in [0.25, 0.3) is 0 Å². The Morgan fingerprint density at radius 1 is 0.538 bits per heavy atom. The number of benzene rings is 3. The van der Waals surface area contributed by atoms with E-state index in [1.54, 1.807) is 0 Å². The summed E-state index contributed by atoms with van der Waals surface area (Å²) in [7, 11) is 0. The fraction of sp³-hybridized carbons (Fsp3) is 0. The summed E-state index contributed by atoms with van der Waals surface area (Å²) in [4.78, 5) is 10.4. The van der Waals surface area contributed by atoms with E-state index in [1.807, 2.05) is 0 Å². The van der Waals surface area contributed by atoms with Crippen molar-refractivity contribution < 1.29 is 30.3 Å². The number of anilines is 2. The van der Waals surface area contributed by atoms with E-state index in [9.17, 15) is 20.6 Å². The first-order valence-corrected chi connectivity index (χ1v) is 7.49. The van der Waals surface area contributed by atoms with Crippen molar-refractivity contribution in [2.24, 2.45) is 0 Å². The second-order valence-electron chi connectivity index (χ2n) is 5.19. The molecule has 0 radical (unpaired) electrons. The van der Waals surface area contributed by atoms with Crippen molar-refractivity contribution >= 4 is 11.4 Å². The van der Waals surface area contributed by atoms with Crippen molar-refractivity contribution in [3.63, 3.8) is 0 Å². The third-order valence-electron chi connectivity index (χ3n) is 3.32. The summed E-state index contributed by atoms with van der Waals surface area (Å²) in [6, 6.07) is 16.9. The molecule has 0 atom stereocenters. The van der Waals surface area contributed by atoms with E-state index in [2.05, 4.69) is 0 Å². The molecule has 0 aliphatic carbocycles. The van der Waals surface area contributed by atoms with Gasteiger partial charge in [-0.25, -0.2) is 0 Å². The predicted octanol–water partition coefficient (Wildman–Crippen LogP) is 2.21. The Bertz CT molecular complexity index is 837. The highest BCUT2D eigenvalue weighted by Gasteiger charge is 2.08. The molecule has 0 spiro atoms. The number of hydrogen-bond acceptors (Lipinski definition) is 8. The molecule has 0 saturated carbocycles. The monoisotopic (exact) mass is 354 g/mol. The molecule has 0 fully saturated rings. The highest BCUT2D eigenvalue weighted by molar-refractivity contribution is 5.48. The van der Waals surface area contributed by atoms with Crippen molar-refractivity contribution in [3.05, 3.63) is 72.8 Å². The first kappa shape index (κ1) is 17.2. The Labute approximate surface area is 148 Å². The van der Waals surface area contributed by atoms with E-state index in [0.29, 0.717) is 16.1 Å². The molecule has 0 aliphatic heterocycles. The van der Waals surface area contributed by atoms with E-state index >= 15 is 0 Å². The van der Waals surface area contributed by atoms with Gasteiger partial charge in [-0.3, -0.25) is 10.4 Å². The molecule has 3 aromatic carbocycles. The van der Waals surface area contributed by atoms with E-state index < -0.39 is 0 Å². The molecule has 0 heterocycles. The third-order valence-corrected chi connectivity index (χ3v) is 3.32. The zero-order chi connectivity index (χ0) is 18.5. The molecule has 0 unspecified atom stereocenters. The molecule has 0 bridgehead atoms. The number of rotatable bonds is 6. The van der Waals surface area contributed by atoms with Crippen LogP contribution in [0.4, 0.5) is 11.4 Å². The fourth-order valence-electron chi connectivity index (χ4n) is 2.01. The number of nitrogens with zero attached hydrogens (tertiary/aromatic N) is 2. The summed E-state index contributed by atoms with van der Waals surface area (Å²) in [5.41, 5.74) is 0.575. The first-order valence-electron chi connectivity index (χ1n) is 7.49. The highest BCUT2D eigenvalue weighted by atomic mass is 16.9. The van der Waals surface area contributed by atoms with Crippen LogP contribution in [0.3, 0.4) is 0 Å². The largest absolute Gasteiger partial charge is 0.872 e. The predicted molar refractivity (Wildman–Crippen MR) is 88.0 cm³/mol. The van der Waals surface area contributed by atoms with E-state index in [-0.39, 0.29) is 28.7 Å². The van der Waals surface area contributed by atoms with Crippen molar-refractivity contribution in [3.8, 4) is 23.0 Å². The van der Waals surface area contributed by atoms with Gasteiger partial charge >= 0.3 is 0 Å². The highest BCUT2D eigenvalue weighted by Crippen LogP contribution is 2.23. The first-order chi connectivity index (χ1) is 12.5. The lowest BCUT2D eigenvalue weighted by molar-refractivity contribution is -0.269. The van der Waals surface area contributed by atoms with Crippen LogP contribution >= 0.6 is 0 Å². The van der Waals surface area contributed by atoms with Gasteiger partial charge in [-0.2, -0.15) is 0 Å². The number of hydrogen-bond donors (Lipinski definition) is 2. The van der Waals surface area contributed by atoms with Gasteiger partial charge in [0.15, 0.2) is 11.5 Å². The Morgan fingerprint density at radius 3 is 1.27 bits per heavy atom. The summed E-state index contributed by atoms with van der Waals surface area (Å²) >= 11 is 0. The smallest absolute Gasteiger partial charge is 0.158 e. The quantitative estimate of drug-likeness (QED) is 0.648. The minimum absolute atomic E-state index is 0.165. The van der Waals surface area contributed by atoms with Crippen LogP contribution in [0.15, 0.2) is 72.8 Å². The Morgan fingerprint density at radius 2 is 0.846 bits per heavy atom. The van der Waals surface area contributed by atoms with Gasteiger partial charge in [0.05, 0.1) is 0 Å². The van der Waals surface area contributed by atoms with E-state index in [1.165, 1.54) is 72.8 Å². The summed E-state index contributed by atoms with van der Waals surface area (Å²) < 4.78 is 0. The average Bonchev–Trinajstić information content (AvgIpc) is 2.64. The standard InChI is InChI=1S/C18H16N2O6/c21-15-5-1-13(2-6-15)19(23)25-17-9-3-14(4-10-17)20(24)26-18-11-7-16(22)8-12-18/h1-12,21-24H/p-2. The Kier molecular flexibility index (Phi) is 4.97. The second-order valence-corrected chi connectivity index (χ2v) is 5.19. The lowest BCUT2D eigenvalue weighted by Crippen LogP contribution is -2.23. The van der Waals surface area contributed by atoms with Crippen LogP contribution in [0, 0.1) is 0 Å². The molecule has 0 saturated heterocycles. The van der Waals surface area contributed by atoms with E-state index in [0.717, 1.165) is 0 Å². The molecule has 134 valence electrons. The third kappa shape index (κ3) is 4.26. The molecule has 8 heteroatoms. The maximum Gasteiger partial charge on any atom is 0.158 e. The fourth-order valence-corrected chi connectivity index (χ4v) is 2.01. The molecule has 3 aromatic rings. The van der Waals surface area contributed by atoms with Crippen LogP contribution in [-0.2, 0) is 0 Å². The van der Waals surface area contributed by atoms with Crippen molar-refractivity contribution in [2.45, 2.75) is 0 Å². The maximum atomic E-state index is 11.1. The van der Waals surface area contributed by atoms with Crippen LogP contribution in [0.2, 0.25) is 0 Å². The zero-order valence-corrected chi connectivity index (χ0v) is 13.4. The molecule has 8 nitrogen and oxygen atoms in total. The molecule has 26 heavy (non-hydrogen) atoms. The van der Waals surface area contributed by atoms with Gasteiger partial charge in [-0.05, 0) is 48.5 Å². The van der Waals surface area contributed by atoms with Crippen LogP contribution in [0.1, 0.15) is 0 Å². The minimum atomic E-state index is -0.181. The van der Waals surface area contributed by atoms with Crippen molar-refractivity contribution in [1.29, 1.82) is 0 Å². The molecule has 0 amide bonds. The van der Waals surface area contributed by atoms with Crippen LogP contribution in [-0.4, -0.2) is 10.4 Å². The SMILES string of the molecule is [O-]c1ccc(ON(O)c2ccc(ON(O)c3ccc([O-])cc3)cc2)cc1. The maximum absolute atomic E-state index is 11.1. The molecule has 2 N–H and O–H groups in total. The van der Waals surface area contributed by atoms with Crippen LogP contribution in [0.5, 0.6) is 23.0 Å². The minimum Gasteiger partial charge on any atom is -0.872 e. The topological polar surface area (TPSA) is 112 Å². The van der Waals surface area contributed by atoms with Gasteiger partial charge in [-0.15, -0.1) is 11.5 Å². The van der Waals surface area contributed by atoms with E-state index in [4.69, 9.17) is 9.68 Å². The van der Waals surface area contributed by atoms with Gasteiger partial charge < -0.3 is 19.9 Å². The van der Waals surface area contributed by atoms with Gasteiger partial charge in [-0.1, -0.05) is 34.7 Å². The molecule has 0 aromatic heterocycles. The second kappa shape index (κ2) is 7.51. The summed E-state index contributed by atoms with van der Waals surface area (Å²) in [6.45, 7) is 0. The van der Waals surface area contributed by atoms with Crippen molar-refractivity contribution in [1.82, 2.24) is 0 Å². The lowest BCUT2D eigenvalue weighted by Gasteiger charge is -2.19. The lowest BCUT2D eigenvalue weighted by atomic mass is 10.3. The van der Waals surface area contributed by atoms with Crippen LogP contribution < -0.4 is 30.3 Å². The van der Waals surface area contributed by atoms with Gasteiger partial charge in [0.2, 0.25) is 0 Å². The molecular formula is C18H14N2O6-2. The average molecular weight is 354 g/mol. The summed E-state index contributed by atoms with van der Waals surface area (Å²) in [6.07, 6.45) is 0. The Hall–Kier alpha value is -3.62. The molecule has 0 aliphatic rings.